The van der Waals surface area contributed by atoms with Crippen molar-refractivity contribution in [2.45, 2.75) is 77.0 Å². The normalized spacial score (nSPS) is 13.4. The van der Waals surface area contributed by atoms with Crippen LogP contribution in [0.5, 0.6) is 0 Å². The zero-order chi connectivity index (χ0) is 17.4. The Labute approximate surface area is 144 Å². The van der Waals surface area contributed by atoms with Gasteiger partial charge in [0.2, 0.25) is 0 Å². The Morgan fingerprint density at radius 2 is 1.17 bits per heavy atom. The van der Waals surface area contributed by atoms with E-state index in [9.17, 15) is 0 Å². The molecule has 0 rings (SSSR count). The molecule has 0 aliphatic heterocycles. The molecule has 0 aromatic carbocycles. The van der Waals surface area contributed by atoms with Crippen molar-refractivity contribution >= 4 is 8.80 Å². The summed E-state index contributed by atoms with van der Waals surface area (Å²) in [7, 11) is 4.41. The van der Waals surface area contributed by atoms with E-state index in [0.29, 0.717) is 0 Å². The van der Waals surface area contributed by atoms with Crippen LogP contribution in [0.4, 0.5) is 0 Å². The molecule has 0 fully saturated rings. The third-order valence-corrected chi connectivity index (χ3v) is 7.05. The van der Waals surface area contributed by atoms with Crippen LogP contribution in [0, 0.1) is 0 Å². The number of hydrogen-bond acceptors (Lipinski definition) is 5. The largest absolute Gasteiger partial charge is 0.500 e. The van der Waals surface area contributed by atoms with Crippen molar-refractivity contribution in [3.05, 3.63) is 0 Å². The Balaban J connectivity index is 3.43. The number of methoxy groups -OCH3 is 1. The van der Waals surface area contributed by atoms with Crippen LogP contribution in [0.25, 0.3) is 0 Å². The van der Waals surface area contributed by atoms with Crippen molar-refractivity contribution < 1.29 is 22.8 Å². The molecule has 0 spiro atoms. The summed E-state index contributed by atoms with van der Waals surface area (Å²) in [5, 5.41) is 0. The van der Waals surface area contributed by atoms with Gasteiger partial charge in [0.05, 0.1) is 0 Å². The third kappa shape index (κ3) is 11.2. The molecular weight excluding hydrogens is 312 g/mol. The second-order valence-electron chi connectivity index (χ2n) is 5.78. The van der Waals surface area contributed by atoms with E-state index in [0.717, 1.165) is 25.5 Å². The van der Waals surface area contributed by atoms with Crippen molar-refractivity contribution in [2.24, 2.45) is 0 Å². The minimum atomic E-state index is -2.35. The van der Waals surface area contributed by atoms with Crippen LogP contribution in [-0.4, -0.2) is 50.1 Å². The molecule has 1 unspecified atom stereocenters. The summed E-state index contributed by atoms with van der Waals surface area (Å²) >= 11 is 0. The van der Waals surface area contributed by atoms with Crippen LogP contribution >= 0.6 is 0 Å². The molecule has 0 bridgehead atoms. The molecule has 23 heavy (non-hydrogen) atoms. The molecule has 6 heteroatoms. The highest BCUT2D eigenvalue weighted by atomic mass is 28.4. The van der Waals surface area contributed by atoms with E-state index in [2.05, 4.69) is 0 Å². The molecule has 0 aliphatic carbocycles. The highest BCUT2D eigenvalue weighted by molar-refractivity contribution is 6.60. The minimum Gasteiger partial charge on any atom is -0.377 e. The first-order chi connectivity index (χ1) is 11.2. The fraction of sp³-hybridized carbons (Fsp3) is 1.00. The van der Waals surface area contributed by atoms with E-state index in [1.54, 1.807) is 28.4 Å². The van der Waals surface area contributed by atoms with Gasteiger partial charge in [0, 0.05) is 41.1 Å². The number of hydrogen-bond donors (Lipinski definition) is 0. The van der Waals surface area contributed by atoms with Gasteiger partial charge in [-0.25, -0.2) is 0 Å². The minimum absolute atomic E-state index is 0.0215. The van der Waals surface area contributed by atoms with Gasteiger partial charge in [-0.05, 0) is 26.2 Å². The van der Waals surface area contributed by atoms with Crippen LogP contribution in [0.3, 0.4) is 0 Å². The van der Waals surface area contributed by atoms with Gasteiger partial charge in [-0.1, -0.05) is 38.5 Å². The van der Waals surface area contributed by atoms with Crippen LogP contribution in [0.1, 0.15) is 64.7 Å². The van der Waals surface area contributed by atoms with Gasteiger partial charge in [-0.2, -0.15) is 0 Å². The third-order valence-electron chi connectivity index (χ3n) is 4.22. The van der Waals surface area contributed by atoms with Gasteiger partial charge in [0.1, 0.15) is 0 Å². The van der Waals surface area contributed by atoms with Crippen LogP contribution in [0.15, 0.2) is 0 Å². The van der Waals surface area contributed by atoms with Crippen molar-refractivity contribution in [1.82, 2.24) is 0 Å². The number of ether oxygens (including phenoxy) is 2. The molecular formula is C17H38O5Si. The summed E-state index contributed by atoms with van der Waals surface area (Å²) in [5.41, 5.74) is 0. The number of rotatable bonds is 17. The van der Waals surface area contributed by atoms with Crippen molar-refractivity contribution in [1.29, 1.82) is 0 Å². The molecule has 140 valence electrons. The van der Waals surface area contributed by atoms with E-state index < -0.39 is 8.80 Å². The predicted molar refractivity (Wildman–Crippen MR) is 95.6 cm³/mol. The molecule has 0 N–H and O–H groups in total. The molecule has 0 heterocycles. The smallest absolute Gasteiger partial charge is 0.377 e. The molecule has 0 amide bonds. The highest BCUT2D eigenvalue weighted by Gasteiger charge is 2.36. The summed E-state index contributed by atoms with van der Waals surface area (Å²) in [5.74, 6) is 0. The van der Waals surface area contributed by atoms with E-state index in [4.69, 9.17) is 22.8 Å². The average Bonchev–Trinajstić information content (AvgIpc) is 2.59. The van der Waals surface area contributed by atoms with Crippen molar-refractivity contribution in [2.75, 3.05) is 35.0 Å². The van der Waals surface area contributed by atoms with Crippen LogP contribution < -0.4 is 0 Å². The zero-order valence-electron chi connectivity index (χ0n) is 15.9. The molecule has 1 atom stereocenters. The Hall–Kier alpha value is 0.0169. The molecule has 0 aromatic rings. The Morgan fingerprint density at radius 1 is 0.696 bits per heavy atom. The molecule has 0 saturated heterocycles. The Bertz CT molecular complexity index is 241. The monoisotopic (exact) mass is 350 g/mol. The Kier molecular flexibility index (Phi) is 15.6. The summed E-state index contributed by atoms with van der Waals surface area (Å²) in [6, 6.07) is 0.909. The highest BCUT2D eigenvalue weighted by Crippen LogP contribution is 2.18. The lowest BCUT2D eigenvalue weighted by Gasteiger charge is -2.24. The summed E-state index contributed by atoms with van der Waals surface area (Å²) in [4.78, 5) is 0. The molecule has 0 aliphatic rings. The maximum Gasteiger partial charge on any atom is 0.500 e. The van der Waals surface area contributed by atoms with Crippen LogP contribution in [-0.2, 0) is 22.8 Å². The summed E-state index contributed by atoms with van der Waals surface area (Å²) in [6.45, 7) is 2.72. The van der Waals surface area contributed by atoms with Gasteiger partial charge in [0.15, 0.2) is 6.29 Å². The van der Waals surface area contributed by atoms with Crippen molar-refractivity contribution in [3.8, 4) is 0 Å². The fourth-order valence-corrected chi connectivity index (χ4v) is 4.52. The second kappa shape index (κ2) is 15.5. The quantitative estimate of drug-likeness (QED) is 0.221. The van der Waals surface area contributed by atoms with E-state index >= 15 is 0 Å². The lowest BCUT2D eigenvalue weighted by Crippen LogP contribution is -2.42. The first-order valence-electron chi connectivity index (χ1n) is 8.97. The first kappa shape index (κ1) is 23.0. The lowest BCUT2D eigenvalue weighted by atomic mass is 10.1. The van der Waals surface area contributed by atoms with Gasteiger partial charge >= 0.3 is 8.80 Å². The Morgan fingerprint density at radius 3 is 1.61 bits per heavy atom. The second-order valence-corrected chi connectivity index (χ2v) is 8.87. The topological polar surface area (TPSA) is 46.2 Å². The number of unbranched alkanes of at least 4 members (excludes halogenated alkanes) is 7. The molecule has 0 saturated carbocycles. The maximum atomic E-state index is 5.47. The molecule has 0 aromatic heterocycles. The van der Waals surface area contributed by atoms with Gasteiger partial charge < -0.3 is 22.8 Å². The fourth-order valence-electron chi connectivity index (χ4n) is 2.72. The average molecular weight is 351 g/mol. The first-order valence-corrected chi connectivity index (χ1v) is 10.9. The van der Waals surface area contributed by atoms with E-state index in [1.807, 2.05) is 6.92 Å². The van der Waals surface area contributed by atoms with E-state index in [-0.39, 0.29) is 6.29 Å². The predicted octanol–water partition coefficient (Wildman–Crippen LogP) is 4.38. The SMILES string of the molecule is CCOC(CCCCCCCCCC[Si](OC)(OC)OC)OC. The summed E-state index contributed by atoms with van der Waals surface area (Å²) in [6.07, 6.45) is 11.0. The molecule has 0 radical (unpaired) electrons. The van der Waals surface area contributed by atoms with Gasteiger partial charge in [0.25, 0.3) is 0 Å². The molecule has 5 nitrogen and oxygen atoms in total. The standard InChI is InChI=1S/C17H38O5Si/c1-6-22-17(18-2)15-13-11-9-7-8-10-12-14-16-23(19-3,20-4)21-5/h17H,6-16H2,1-5H3. The van der Waals surface area contributed by atoms with Gasteiger partial charge in [-0.15, -0.1) is 0 Å². The van der Waals surface area contributed by atoms with Crippen LogP contribution in [0.2, 0.25) is 6.04 Å². The lowest BCUT2D eigenvalue weighted by molar-refractivity contribution is -0.124. The van der Waals surface area contributed by atoms with Gasteiger partial charge in [-0.3, -0.25) is 0 Å². The van der Waals surface area contributed by atoms with Crippen molar-refractivity contribution in [3.63, 3.8) is 0 Å². The van der Waals surface area contributed by atoms with E-state index in [1.165, 1.54) is 44.9 Å². The zero-order valence-corrected chi connectivity index (χ0v) is 16.9. The summed E-state index contributed by atoms with van der Waals surface area (Å²) < 4.78 is 27.0. The maximum absolute atomic E-state index is 5.47.